The van der Waals surface area contributed by atoms with Gasteiger partial charge in [-0.2, -0.15) is 13.2 Å². The van der Waals surface area contributed by atoms with Crippen LogP contribution in [0.3, 0.4) is 0 Å². The minimum atomic E-state index is -4.55. The van der Waals surface area contributed by atoms with Crippen LogP contribution in [0.5, 0.6) is 0 Å². The average molecular weight is 315 g/mol. The highest BCUT2D eigenvalue weighted by atomic mass is 19.4. The minimum Gasteiger partial charge on any atom is -0.322 e. The Balaban J connectivity index is 2.27. The number of halogens is 5. The van der Waals surface area contributed by atoms with E-state index >= 15 is 0 Å². The van der Waals surface area contributed by atoms with Gasteiger partial charge in [0, 0.05) is 11.3 Å². The number of amides is 1. The van der Waals surface area contributed by atoms with E-state index in [2.05, 4.69) is 5.32 Å². The molecule has 0 aliphatic heterocycles. The van der Waals surface area contributed by atoms with Gasteiger partial charge in [-0.15, -0.1) is 0 Å². The van der Waals surface area contributed by atoms with E-state index in [-0.39, 0.29) is 16.8 Å². The Bertz CT molecular complexity index is 724. The van der Waals surface area contributed by atoms with Crippen LogP contribution in [0.2, 0.25) is 0 Å². The zero-order chi connectivity index (χ0) is 16.5. The Morgan fingerprint density at radius 2 is 1.68 bits per heavy atom. The zero-order valence-corrected chi connectivity index (χ0v) is 11.3. The number of anilines is 1. The first-order valence-electron chi connectivity index (χ1n) is 6.13. The van der Waals surface area contributed by atoms with Crippen LogP contribution >= 0.6 is 0 Å². The van der Waals surface area contributed by atoms with Gasteiger partial charge < -0.3 is 5.32 Å². The number of carbonyl (C=O) groups excluding carboxylic acids is 1. The van der Waals surface area contributed by atoms with Crippen LogP contribution in [-0.4, -0.2) is 5.91 Å². The van der Waals surface area contributed by atoms with Crippen molar-refractivity contribution in [2.75, 3.05) is 5.32 Å². The van der Waals surface area contributed by atoms with Crippen LogP contribution in [0.15, 0.2) is 36.4 Å². The lowest BCUT2D eigenvalue weighted by atomic mass is 10.1. The highest BCUT2D eigenvalue weighted by Gasteiger charge is 2.32. The molecule has 0 aromatic heterocycles. The van der Waals surface area contributed by atoms with Crippen molar-refractivity contribution in [1.82, 2.24) is 0 Å². The molecule has 2 aromatic carbocycles. The minimum absolute atomic E-state index is 0.0123. The molecule has 0 saturated carbocycles. The maximum atomic E-state index is 13.0. The summed E-state index contributed by atoms with van der Waals surface area (Å²) >= 11 is 0. The fourth-order valence-corrected chi connectivity index (χ4v) is 1.85. The van der Waals surface area contributed by atoms with Crippen molar-refractivity contribution in [1.29, 1.82) is 0 Å². The first-order valence-corrected chi connectivity index (χ1v) is 6.13. The van der Waals surface area contributed by atoms with Crippen LogP contribution in [0.4, 0.5) is 27.6 Å². The second kappa shape index (κ2) is 5.75. The molecule has 0 aliphatic rings. The predicted molar refractivity (Wildman–Crippen MR) is 70.5 cm³/mol. The lowest BCUT2D eigenvalue weighted by Crippen LogP contribution is -2.14. The van der Waals surface area contributed by atoms with Crippen LogP contribution in [0.25, 0.3) is 0 Å². The quantitative estimate of drug-likeness (QED) is 0.810. The molecule has 0 bridgehead atoms. The fraction of sp³-hybridized carbons (Fsp3) is 0.133. The third-order valence-electron chi connectivity index (χ3n) is 2.98. The number of carbonyl (C=O) groups is 1. The molecule has 0 unspecified atom stereocenters. The molecule has 0 heterocycles. The summed E-state index contributed by atoms with van der Waals surface area (Å²) in [5.41, 5.74) is -1.16. The number of aryl methyl sites for hydroxylation is 1. The lowest BCUT2D eigenvalue weighted by Gasteiger charge is -2.13. The van der Waals surface area contributed by atoms with Crippen LogP contribution < -0.4 is 5.32 Å². The van der Waals surface area contributed by atoms with E-state index in [0.717, 1.165) is 18.2 Å². The first-order chi connectivity index (χ1) is 10.2. The number of benzene rings is 2. The van der Waals surface area contributed by atoms with Gasteiger partial charge in [0.2, 0.25) is 0 Å². The lowest BCUT2D eigenvalue weighted by molar-refractivity contribution is -0.138. The summed E-state index contributed by atoms with van der Waals surface area (Å²) in [7, 11) is 0. The second-order valence-electron chi connectivity index (χ2n) is 4.61. The van der Waals surface area contributed by atoms with Gasteiger partial charge in [-0.3, -0.25) is 4.79 Å². The maximum absolute atomic E-state index is 13.0. The summed E-state index contributed by atoms with van der Waals surface area (Å²) in [5, 5.41) is 2.22. The molecular weight excluding hydrogens is 305 g/mol. The SMILES string of the molecule is Cc1ccc(NC(=O)c2ccc(F)c(F)c2)cc1C(F)(F)F. The smallest absolute Gasteiger partial charge is 0.322 e. The van der Waals surface area contributed by atoms with E-state index in [1.54, 1.807) is 0 Å². The topological polar surface area (TPSA) is 29.1 Å². The molecule has 116 valence electrons. The van der Waals surface area contributed by atoms with Gasteiger partial charge in [0.05, 0.1) is 5.56 Å². The molecule has 22 heavy (non-hydrogen) atoms. The summed E-state index contributed by atoms with van der Waals surface area (Å²) in [6.07, 6.45) is -4.55. The Kier molecular flexibility index (Phi) is 4.16. The number of alkyl halides is 3. The molecule has 1 amide bonds. The number of nitrogens with one attached hydrogen (secondary N) is 1. The van der Waals surface area contributed by atoms with Crippen molar-refractivity contribution in [3.63, 3.8) is 0 Å². The van der Waals surface area contributed by atoms with Crippen molar-refractivity contribution < 1.29 is 26.7 Å². The van der Waals surface area contributed by atoms with E-state index in [4.69, 9.17) is 0 Å². The molecule has 0 atom stereocenters. The Labute approximate surface area is 122 Å². The number of hydrogen-bond acceptors (Lipinski definition) is 1. The van der Waals surface area contributed by atoms with Gasteiger partial charge in [-0.25, -0.2) is 8.78 Å². The van der Waals surface area contributed by atoms with Gasteiger partial charge in [0.15, 0.2) is 11.6 Å². The summed E-state index contributed by atoms with van der Waals surface area (Å²) in [5.74, 6) is -3.17. The molecule has 2 aromatic rings. The van der Waals surface area contributed by atoms with E-state index in [9.17, 15) is 26.7 Å². The summed E-state index contributed by atoms with van der Waals surface area (Å²) in [6.45, 7) is 1.30. The Morgan fingerprint density at radius 3 is 2.27 bits per heavy atom. The normalized spacial score (nSPS) is 11.4. The molecule has 0 spiro atoms. The van der Waals surface area contributed by atoms with Crippen LogP contribution in [0.1, 0.15) is 21.5 Å². The largest absolute Gasteiger partial charge is 0.416 e. The van der Waals surface area contributed by atoms with Gasteiger partial charge in [-0.1, -0.05) is 6.07 Å². The highest BCUT2D eigenvalue weighted by Crippen LogP contribution is 2.33. The standard InChI is InChI=1S/C15H10F5NO/c1-8-2-4-10(7-11(8)15(18,19)20)21-14(22)9-3-5-12(16)13(17)6-9/h2-7H,1H3,(H,21,22). The maximum Gasteiger partial charge on any atom is 0.416 e. The van der Waals surface area contributed by atoms with Crippen molar-refractivity contribution >= 4 is 11.6 Å². The second-order valence-corrected chi connectivity index (χ2v) is 4.61. The first kappa shape index (κ1) is 15.9. The average Bonchev–Trinajstić information content (AvgIpc) is 2.42. The predicted octanol–water partition coefficient (Wildman–Crippen LogP) is 4.54. The summed E-state index contributed by atoms with van der Waals surface area (Å²) in [6, 6.07) is 5.76. The molecule has 2 nitrogen and oxygen atoms in total. The third kappa shape index (κ3) is 3.41. The molecular formula is C15H10F5NO. The Morgan fingerprint density at radius 1 is 1.00 bits per heavy atom. The fourth-order valence-electron chi connectivity index (χ4n) is 1.85. The van der Waals surface area contributed by atoms with Crippen molar-refractivity contribution in [3.8, 4) is 0 Å². The number of rotatable bonds is 2. The summed E-state index contributed by atoms with van der Waals surface area (Å²) in [4.78, 5) is 11.8. The van der Waals surface area contributed by atoms with Gasteiger partial charge in [-0.05, 0) is 42.8 Å². The van der Waals surface area contributed by atoms with Crippen LogP contribution in [0, 0.1) is 18.6 Å². The molecule has 2 rings (SSSR count). The summed E-state index contributed by atoms with van der Waals surface area (Å²) < 4.78 is 64.2. The molecule has 0 radical (unpaired) electrons. The van der Waals surface area contributed by atoms with Crippen LogP contribution in [-0.2, 0) is 6.18 Å². The monoisotopic (exact) mass is 315 g/mol. The molecule has 0 saturated heterocycles. The molecule has 0 aliphatic carbocycles. The molecule has 0 fully saturated rings. The van der Waals surface area contributed by atoms with Crippen molar-refractivity contribution in [3.05, 3.63) is 64.7 Å². The third-order valence-corrected chi connectivity index (χ3v) is 2.98. The molecule has 7 heteroatoms. The van der Waals surface area contributed by atoms with Gasteiger partial charge >= 0.3 is 6.18 Å². The van der Waals surface area contributed by atoms with E-state index in [1.807, 2.05) is 0 Å². The number of hydrogen-bond donors (Lipinski definition) is 1. The molecule has 1 N–H and O–H groups in total. The van der Waals surface area contributed by atoms with Crippen molar-refractivity contribution in [2.45, 2.75) is 13.1 Å². The van der Waals surface area contributed by atoms with Gasteiger partial charge in [0.25, 0.3) is 5.91 Å². The van der Waals surface area contributed by atoms with E-state index in [0.29, 0.717) is 6.07 Å². The highest BCUT2D eigenvalue weighted by molar-refractivity contribution is 6.04. The van der Waals surface area contributed by atoms with E-state index < -0.39 is 29.3 Å². The zero-order valence-electron chi connectivity index (χ0n) is 11.3. The van der Waals surface area contributed by atoms with Crippen molar-refractivity contribution in [2.24, 2.45) is 0 Å². The van der Waals surface area contributed by atoms with E-state index in [1.165, 1.54) is 19.1 Å². The van der Waals surface area contributed by atoms with Gasteiger partial charge in [0.1, 0.15) is 0 Å². The Hall–Kier alpha value is -2.44.